The predicted octanol–water partition coefficient (Wildman–Crippen LogP) is 6.97. The van der Waals surface area contributed by atoms with Gasteiger partial charge < -0.3 is 19.5 Å². The molecule has 0 unspecified atom stereocenters. The highest BCUT2D eigenvalue weighted by Gasteiger charge is 2.12. The van der Waals surface area contributed by atoms with E-state index in [0.29, 0.717) is 46.3 Å². The fraction of sp³-hybridized carbons (Fsp3) is 0.280. The highest BCUT2D eigenvalue weighted by Crippen LogP contribution is 2.34. The van der Waals surface area contributed by atoms with Crippen LogP contribution in [0.1, 0.15) is 23.6 Å². The van der Waals surface area contributed by atoms with Crippen LogP contribution in [0.3, 0.4) is 0 Å². The third-order valence-corrected chi connectivity index (χ3v) is 5.95. The van der Waals surface area contributed by atoms with Crippen LogP contribution in [0, 0.1) is 0 Å². The molecule has 0 saturated carbocycles. The average molecular weight is 495 g/mol. The second-order valence-electron chi connectivity index (χ2n) is 7.14. The molecule has 0 bridgehead atoms. The van der Waals surface area contributed by atoms with E-state index in [-0.39, 0.29) is 0 Å². The van der Waals surface area contributed by atoms with Gasteiger partial charge in [-0.3, -0.25) is 0 Å². The first-order valence-electron chi connectivity index (χ1n) is 10.4. The van der Waals surface area contributed by atoms with E-state index in [0.717, 1.165) is 29.8 Å². The van der Waals surface area contributed by atoms with Gasteiger partial charge in [-0.25, -0.2) is 0 Å². The minimum absolute atomic E-state index is 0.326. The molecule has 0 saturated heterocycles. The largest absolute Gasteiger partial charge is 0.497 e. The second kappa shape index (κ2) is 12.2. The minimum Gasteiger partial charge on any atom is -0.497 e. The number of methoxy groups -OCH3 is 1. The van der Waals surface area contributed by atoms with Crippen LogP contribution in [0.5, 0.6) is 17.2 Å². The number of hydrogen-bond donors (Lipinski definition) is 1. The van der Waals surface area contributed by atoms with Gasteiger partial charge in [-0.15, -0.1) is 0 Å². The first-order valence-corrected chi connectivity index (χ1v) is 11.5. The van der Waals surface area contributed by atoms with Crippen LogP contribution in [0.15, 0.2) is 54.6 Å². The van der Waals surface area contributed by atoms with Gasteiger partial charge in [0.05, 0.1) is 23.8 Å². The molecule has 0 spiro atoms. The number of halogens is 3. The maximum absolute atomic E-state index is 6.53. The summed E-state index contributed by atoms with van der Waals surface area (Å²) in [5.41, 5.74) is 3.10. The molecule has 0 amide bonds. The lowest BCUT2D eigenvalue weighted by molar-refractivity contribution is 0.269. The van der Waals surface area contributed by atoms with Gasteiger partial charge in [0.1, 0.15) is 12.4 Å². The predicted molar refractivity (Wildman–Crippen MR) is 132 cm³/mol. The molecule has 32 heavy (non-hydrogen) atoms. The zero-order valence-electron chi connectivity index (χ0n) is 18.1. The summed E-state index contributed by atoms with van der Waals surface area (Å²) in [5, 5.41) is 5.06. The molecule has 1 N–H and O–H groups in total. The Bertz CT molecular complexity index is 1030. The van der Waals surface area contributed by atoms with Crippen molar-refractivity contribution in [2.24, 2.45) is 0 Å². The summed E-state index contributed by atoms with van der Waals surface area (Å²) in [4.78, 5) is 0. The van der Waals surface area contributed by atoms with Crippen molar-refractivity contribution in [2.45, 2.75) is 26.5 Å². The average Bonchev–Trinajstić information content (AvgIpc) is 2.80. The molecule has 170 valence electrons. The minimum atomic E-state index is 0.326. The summed E-state index contributed by atoms with van der Waals surface area (Å²) in [7, 11) is 1.67. The molecule has 0 aromatic heterocycles. The van der Waals surface area contributed by atoms with E-state index in [1.54, 1.807) is 25.3 Å². The Kier molecular flexibility index (Phi) is 9.36. The molecule has 0 aliphatic heterocycles. The standard InChI is InChI=1S/C25H26Cl3NO3/c1-3-31-24-13-19(15-29-11-10-17-4-7-20(30-2)8-5-17)22(27)14-25(24)32-16-18-6-9-21(26)23(28)12-18/h4-9,12-14,29H,3,10-11,15-16H2,1-2H3. The van der Waals surface area contributed by atoms with E-state index >= 15 is 0 Å². The van der Waals surface area contributed by atoms with Crippen LogP contribution in [0.4, 0.5) is 0 Å². The van der Waals surface area contributed by atoms with Crippen molar-refractivity contribution >= 4 is 34.8 Å². The lowest BCUT2D eigenvalue weighted by atomic mass is 10.1. The lowest BCUT2D eigenvalue weighted by Crippen LogP contribution is -2.17. The monoisotopic (exact) mass is 493 g/mol. The number of benzene rings is 3. The van der Waals surface area contributed by atoms with Gasteiger partial charge in [-0.1, -0.05) is 53.0 Å². The Morgan fingerprint density at radius 1 is 0.781 bits per heavy atom. The van der Waals surface area contributed by atoms with Gasteiger partial charge in [0, 0.05) is 17.6 Å². The summed E-state index contributed by atoms with van der Waals surface area (Å²) >= 11 is 18.6. The molecule has 0 aliphatic carbocycles. The Hall–Kier alpha value is -2.11. The van der Waals surface area contributed by atoms with Crippen molar-refractivity contribution in [3.63, 3.8) is 0 Å². The van der Waals surface area contributed by atoms with Crippen molar-refractivity contribution in [2.75, 3.05) is 20.3 Å². The van der Waals surface area contributed by atoms with Crippen LogP contribution >= 0.6 is 34.8 Å². The summed E-state index contributed by atoms with van der Waals surface area (Å²) in [6, 6.07) is 17.2. The fourth-order valence-electron chi connectivity index (χ4n) is 3.13. The van der Waals surface area contributed by atoms with Gasteiger partial charge in [-0.2, -0.15) is 0 Å². The zero-order valence-corrected chi connectivity index (χ0v) is 20.4. The number of hydrogen-bond acceptors (Lipinski definition) is 4. The Balaban J connectivity index is 1.60. The molecule has 4 nitrogen and oxygen atoms in total. The van der Waals surface area contributed by atoms with Gasteiger partial charge in [-0.05, 0) is 66.9 Å². The normalized spacial score (nSPS) is 10.8. The summed E-state index contributed by atoms with van der Waals surface area (Å²) in [6.45, 7) is 4.23. The van der Waals surface area contributed by atoms with E-state index in [2.05, 4.69) is 17.4 Å². The number of ether oxygens (including phenoxy) is 3. The lowest BCUT2D eigenvalue weighted by Gasteiger charge is -2.15. The first-order chi connectivity index (χ1) is 15.5. The van der Waals surface area contributed by atoms with Gasteiger partial charge in [0.15, 0.2) is 11.5 Å². The summed E-state index contributed by atoms with van der Waals surface area (Å²) < 4.78 is 17.0. The molecule has 0 aliphatic rings. The molecule has 7 heteroatoms. The Labute approximate surface area is 204 Å². The van der Waals surface area contributed by atoms with E-state index < -0.39 is 0 Å². The quantitative estimate of drug-likeness (QED) is 0.292. The smallest absolute Gasteiger partial charge is 0.163 e. The van der Waals surface area contributed by atoms with E-state index in [1.165, 1.54) is 5.56 Å². The van der Waals surface area contributed by atoms with Gasteiger partial charge >= 0.3 is 0 Å². The second-order valence-corrected chi connectivity index (χ2v) is 8.36. The van der Waals surface area contributed by atoms with Crippen LogP contribution < -0.4 is 19.5 Å². The zero-order chi connectivity index (χ0) is 22.9. The van der Waals surface area contributed by atoms with Crippen molar-refractivity contribution < 1.29 is 14.2 Å². The van der Waals surface area contributed by atoms with E-state index in [9.17, 15) is 0 Å². The van der Waals surface area contributed by atoms with Crippen LogP contribution in [0.25, 0.3) is 0 Å². The molecule has 3 aromatic rings. The number of nitrogens with one attached hydrogen (secondary N) is 1. The molecule has 3 aromatic carbocycles. The summed E-state index contributed by atoms with van der Waals surface area (Å²) in [5.74, 6) is 2.10. The number of rotatable bonds is 11. The fourth-order valence-corrected chi connectivity index (χ4v) is 3.67. The van der Waals surface area contributed by atoms with Crippen molar-refractivity contribution in [3.05, 3.63) is 86.4 Å². The molecule has 0 atom stereocenters. The van der Waals surface area contributed by atoms with E-state index in [4.69, 9.17) is 49.0 Å². The van der Waals surface area contributed by atoms with Crippen molar-refractivity contribution in [1.82, 2.24) is 5.32 Å². The van der Waals surface area contributed by atoms with Crippen molar-refractivity contribution in [3.8, 4) is 17.2 Å². The Morgan fingerprint density at radius 2 is 1.50 bits per heavy atom. The van der Waals surface area contributed by atoms with Crippen LogP contribution in [-0.2, 0) is 19.6 Å². The third-order valence-electron chi connectivity index (χ3n) is 4.86. The topological polar surface area (TPSA) is 39.7 Å². The van der Waals surface area contributed by atoms with Crippen molar-refractivity contribution in [1.29, 1.82) is 0 Å². The molecular formula is C25H26Cl3NO3. The first kappa shape index (κ1) is 24.5. The SMILES string of the molecule is CCOc1cc(CNCCc2ccc(OC)cc2)c(Cl)cc1OCc1ccc(Cl)c(Cl)c1. The molecule has 0 radical (unpaired) electrons. The Morgan fingerprint density at radius 3 is 2.19 bits per heavy atom. The maximum atomic E-state index is 6.53. The molecule has 3 rings (SSSR count). The van der Waals surface area contributed by atoms with Crippen LogP contribution in [0.2, 0.25) is 15.1 Å². The highest BCUT2D eigenvalue weighted by atomic mass is 35.5. The summed E-state index contributed by atoms with van der Waals surface area (Å²) in [6.07, 6.45) is 0.908. The third kappa shape index (κ3) is 6.94. The van der Waals surface area contributed by atoms with Crippen LogP contribution in [-0.4, -0.2) is 20.3 Å². The highest BCUT2D eigenvalue weighted by molar-refractivity contribution is 6.42. The van der Waals surface area contributed by atoms with E-state index in [1.807, 2.05) is 31.2 Å². The molecule has 0 heterocycles. The molecule has 0 fully saturated rings. The van der Waals surface area contributed by atoms with Gasteiger partial charge in [0.25, 0.3) is 0 Å². The maximum Gasteiger partial charge on any atom is 0.163 e. The van der Waals surface area contributed by atoms with Gasteiger partial charge in [0.2, 0.25) is 0 Å². The molecular weight excluding hydrogens is 469 g/mol.